The topological polar surface area (TPSA) is 0 Å². The van der Waals surface area contributed by atoms with E-state index in [1.807, 2.05) is 0 Å². The van der Waals surface area contributed by atoms with Crippen LogP contribution in [0.3, 0.4) is 0 Å². The van der Waals surface area contributed by atoms with E-state index in [1.54, 1.807) is 0 Å². The molecule has 0 spiro atoms. The Morgan fingerprint density at radius 3 is 1.65 bits per heavy atom. The van der Waals surface area contributed by atoms with Crippen LogP contribution in [0.5, 0.6) is 0 Å². The van der Waals surface area contributed by atoms with Crippen LogP contribution in [0.2, 0.25) is 0 Å². The van der Waals surface area contributed by atoms with E-state index in [0.29, 0.717) is 0 Å². The minimum absolute atomic E-state index is 0.842. The third-order valence-corrected chi connectivity index (χ3v) is 4.19. The minimum atomic E-state index is 0.842. The maximum atomic E-state index is 3.80. The number of rotatable bonds is 6. The largest absolute Gasteiger partial charge is 0.130 e. The third kappa shape index (κ3) is 4.08. The summed E-state index contributed by atoms with van der Waals surface area (Å²) in [6.07, 6.45) is 8.76. The summed E-state index contributed by atoms with van der Waals surface area (Å²) < 4.78 is 0. The Hall–Kier alpha value is -0.960. The monoisotopic (exact) mass is 230 g/mol. The van der Waals surface area contributed by atoms with Crippen LogP contribution < -0.4 is 0 Å². The molecule has 0 heteroatoms. The Kier molecular flexibility index (Phi) is 6.12. The lowest BCUT2D eigenvalue weighted by Gasteiger charge is -2.20. The van der Waals surface area contributed by atoms with Gasteiger partial charge in [-0.15, -0.1) is 11.5 Å². The van der Waals surface area contributed by atoms with E-state index in [1.165, 1.54) is 43.3 Å². The molecule has 0 heterocycles. The first-order valence-corrected chi connectivity index (χ1v) is 7.00. The van der Waals surface area contributed by atoms with Crippen LogP contribution in [0, 0.1) is 11.8 Å². The second kappa shape index (κ2) is 7.38. The van der Waals surface area contributed by atoms with Crippen LogP contribution in [0.4, 0.5) is 0 Å². The number of allylic oxidation sites excluding steroid dienone is 2. The molecule has 1 aliphatic rings. The summed E-state index contributed by atoms with van der Waals surface area (Å²) >= 11 is 0. The molecule has 0 aromatic carbocycles. The van der Waals surface area contributed by atoms with Gasteiger partial charge in [-0.1, -0.05) is 33.4 Å². The highest BCUT2D eigenvalue weighted by Gasteiger charge is 2.27. The Balaban J connectivity index is 2.60. The molecule has 0 amide bonds. The summed E-state index contributed by atoms with van der Waals surface area (Å²) in [6.45, 7) is 12.0. The highest BCUT2D eigenvalue weighted by atomic mass is 14.3. The quantitative estimate of drug-likeness (QED) is 0.534. The van der Waals surface area contributed by atoms with Crippen LogP contribution in [0.25, 0.3) is 0 Å². The smallest absolute Gasteiger partial charge is 0.0213 e. The highest BCUT2D eigenvalue weighted by Crippen LogP contribution is 2.40. The zero-order chi connectivity index (χ0) is 12.7. The van der Waals surface area contributed by atoms with Crippen molar-refractivity contribution in [3.63, 3.8) is 0 Å². The molecular weight excluding hydrogens is 204 g/mol. The zero-order valence-electron chi connectivity index (χ0n) is 11.5. The molecule has 17 heavy (non-hydrogen) atoms. The second-order valence-corrected chi connectivity index (χ2v) is 5.13. The van der Waals surface area contributed by atoms with Gasteiger partial charge in [0.15, 0.2) is 0 Å². The van der Waals surface area contributed by atoms with Crippen molar-refractivity contribution in [3.05, 3.63) is 35.8 Å². The fraction of sp³-hybridized carbons (Fsp3) is 0.647. The molecule has 0 aliphatic heterocycles. The Morgan fingerprint density at radius 1 is 0.941 bits per heavy atom. The molecule has 0 nitrogen and oxygen atoms in total. The molecule has 0 unspecified atom stereocenters. The molecule has 94 valence electrons. The molecule has 0 aromatic heterocycles. The van der Waals surface area contributed by atoms with Crippen molar-refractivity contribution >= 4 is 0 Å². The lowest BCUT2D eigenvalue weighted by molar-refractivity contribution is 0.377. The fourth-order valence-corrected chi connectivity index (χ4v) is 2.97. The van der Waals surface area contributed by atoms with E-state index in [4.69, 9.17) is 0 Å². The molecule has 1 saturated carbocycles. The van der Waals surface area contributed by atoms with E-state index < -0.39 is 0 Å². The van der Waals surface area contributed by atoms with Crippen LogP contribution in [0.15, 0.2) is 35.8 Å². The lowest BCUT2D eigenvalue weighted by atomic mass is 9.84. The Labute approximate surface area is 107 Å². The van der Waals surface area contributed by atoms with Gasteiger partial charge in [-0.05, 0) is 61.5 Å². The summed E-state index contributed by atoms with van der Waals surface area (Å²) in [7, 11) is 0. The van der Waals surface area contributed by atoms with Gasteiger partial charge in [0.2, 0.25) is 0 Å². The summed E-state index contributed by atoms with van der Waals surface area (Å²) in [4.78, 5) is 0. The van der Waals surface area contributed by atoms with E-state index >= 15 is 0 Å². The molecule has 0 radical (unpaired) electrons. The maximum absolute atomic E-state index is 3.80. The van der Waals surface area contributed by atoms with E-state index in [-0.39, 0.29) is 0 Å². The average Bonchev–Trinajstić information content (AvgIpc) is 2.80. The predicted octanol–water partition coefficient (Wildman–Crippen LogP) is 5.43. The van der Waals surface area contributed by atoms with Gasteiger partial charge in [0.25, 0.3) is 0 Å². The third-order valence-electron chi connectivity index (χ3n) is 4.19. The summed E-state index contributed by atoms with van der Waals surface area (Å²) in [5.74, 6) is 1.68. The van der Waals surface area contributed by atoms with Crippen molar-refractivity contribution in [3.8, 4) is 0 Å². The van der Waals surface area contributed by atoms with Gasteiger partial charge in [0.05, 0.1) is 0 Å². The van der Waals surface area contributed by atoms with Crippen LogP contribution in [-0.4, -0.2) is 0 Å². The molecule has 1 aliphatic carbocycles. The Morgan fingerprint density at radius 2 is 1.35 bits per heavy atom. The standard InChI is InChI=1S/C17H26/c1-5-14(6-2)12-16-10-9-11-17(16)13-15(7-3)8-4/h16-17H,1,3,6,8-13H2,2,4H3/t16-,17-/m1/s1. The molecule has 0 bridgehead atoms. The first-order chi connectivity index (χ1) is 8.24. The molecule has 2 atom stereocenters. The maximum Gasteiger partial charge on any atom is -0.0213 e. The first-order valence-electron chi connectivity index (χ1n) is 7.00. The summed E-state index contributed by atoms with van der Waals surface area (Å²) in [5, 5.41) is 0. The van der Waals surface area contributed by atoms with Crippen molar-refractivity contribution in [2.75, 3.05) is 0 Å². The summed E-state index contributed by atoms with van der Waals surface area (Å²) in [5.41, 5.74) is 9.03. The molecule has 0 N–H and O–H groups in total. The van der Waals surface area contributed by atoms with E-state index in [0.717, 1.165) is 24.7 Å². The van der Waals surface area contributed by atoms with Gasteiger partial charge in [-0.2, -0.15) is 0 Å². The van der Waals surface area contributed by atoms with Gasteiger partial charge < -0.3 is 0 Å². The van der Waals surface area contributed by atoms with Gasteiger partial charge in [-0.25, -0.2) is 0 Å². The minimum Gasteiger partial charge on any atom is -0.130 e. The van der Waals surface area contributed by atoms with Crippen molar-refractivity contribution < 1.29 is 0 Å². The SMILES string of the molecule is C=C=C(CC)C[C@H]1CCC[C@@H]1CC(=C=C)CC. The summed E-state index contributed by atoms with van der Waals surface area (Å²) in [6, 6.07) is 0. The van der Waals surface area contributed by atoms with Gasteiger partial charge in [0.1, 0.15) is 0 Å². The van der Waals surface area contributed by atoms with Crippen LogP contribution >= 0.6 is 0 Å². The average molecular weight is 230 g/mol. The van der Waals surface area contributed by atoms with Crippen molar-refractivity contribution in [2.45, 2.75) is 58.8 Å². The van der Waals surface area contributed by atoms with E-state index in [2.05, 4.69) is 38.5 Å². The number of hydrogen-bond donors (Lipinski definition) is 0. The number of hydrogen-bond acceptors (Lipinski definition) is 0. The molecule has 0 aromatic rings. The first kappa shape index (κ1) is 14.1. The van der Waals surface area contributed by atoms with Crippen molar-refractivity contribution in [1.82, 2.24) is 0 Å². The zero-order valence-corrected chi connectivity index (χ0v) is 11.5. The van der Waals surface area contributed by atoms with Gasteiger partial charge >= 0.3 is 0 Å². The molecule has 1 rings (SSSR count). The normalized spacial score (nSPS) is 22.9. The van der Waals surface area contributed by atoms with Gasteiger partial charge in [-0.3, -0.25) is 0 Å². The van der Waals surface area contributed by atoms with E-state index in [9.17, 15) is 0 Å². The molecule has 1 fully saturated rings. The predicted molar refractivity (Wildman–Crippen MR) is 76.0 cm³/mol. The second-order valence-electron chi connectivity index (χ2n) is 5.13. The molecule has 0 saturated heterocycles. The fourth-order valence-electron chi connectivity index (χ4n) is 2.97. The van der Waals surface area contributed by atoms with Crippen molar-refractivity contribution in [1.29, 1.82) is 0 Å². The lowest BCUT2D eigenvalue weighted by Crippen LogP contribution is -2.09. The van der Waals surface area contributed by atoms with Crippen molar-refractivity contribution in [2.24, 2.45) is 11.8 Å². The van der Waals surface area contributed by atoms with Crippen LogP contribution in [-0.2, 0) is 0 Å². The molecular formula is C17H26. The Bertz CT molecular complexity index is 301. The van der Waals surface area contributed by atoms with Gasteiger partial charge in [0, 0.05) is 0 Å². The highest BCUT2D eigenvalue weighted by molar-refractivity contribution is 5.05. The van der Waals surface area contributed by atoms with Crippen LogP contribution in [0.1, 0.15) is 58.8 Å².